The Hall–Kier alpha value is -1.62. The predicted octanol–water partition coefficient (Wildman–Crippen LogP) is 3.05. The number of nitrogens with one attached hydrogen (secondary N) is 1. The second kappa shape index (κ2) is 7.58. The molecule has 1 aliphatic heterocycles. The normalized spacial score (nSPS) is 19.4. The number of carbonyl (C=O) groups excluding carboxylic acids is 2. The van der Waals surface area contributed by atoms with E-state index in [4.69, 9.17) is 0 Å². The number of halogens is 1. The average Bonchev–Trinajstić information content (AvgIpc) is 2.54. The first-order chi connectivity index (χ1) is 10.5. The predicted molar refractivity (Wildman–Crippen MR) is 90.2 cm³/mol. The van der Waals surface area contributed by atoms with Gasteiger partial charge in [-0.25, -0.2) is 0 Å². The summed E-state index contributed by atoms with van der Waals surface area (Å²) in [5.41, 5.74) is 1.05. The minimum Gasteiger partial charge on any atom is -0.349 e. The maximum atomic E-state index is 12.4. The van der Waals surface area contributed by atoms with Crippen molar-refractivity contribution in [3.8, 4) is 0 Å². The van der Waals surface area contributed by atoms with Crippen molar-refractivity contribution in [2.75, 3.05) is 13.1 Å². The highest BCUT2D eigenvalue weighted by atomic mass is 79.9. The summed E-state index contributed by atoms with van der Waals surface area (Å²) in [6, 6.07) is 7.84. The molecule has 1 N–H and O–H groups in total. The van der Waals surface area contributed by atoms with Crippen LogP contribution >= 0.6 is 15.9 Å². The molecule has 1 aliphatic rings. The lowest BCUT2D eigenvalue weighted by atomic mass is 9.96. The molecule has 2 unspecified atom stereocenters. The van der Waals surface area contributed by atoms with Gasteiger partial charge in [-0.2, -0.15) is 0 Å². The van der Waals surface area contributed by atoms with Crippen LogP contribution in [0.3, 0.4) is 0 Å². The number of piperidine rings is 1. The first-order valence-corrected chi connectivity index (χ1v) is 8.27. The van der Waals surface area contributed by atoms with E-state index in [1.54, 1.807) is 4.90 Å². The van der Waals surface area contributed by atoms with Gasteiger partial charge in [-0.1, -0.05) is 34.6 Å². The second-order valence-corrected chi connectivity index (χ2v) is 6.53. The third-order valence-electron chi connectivity index (χ3n) is 3.99. The van der Waals surface area contributed by atoms with E-state index in [0.29, 0.717) is 13.1 Å². The van der Waals surface area contributed by atoms with Crippen LogP contribution in [0.1, 0.15) is 31.4 Å². The van der Waals surface area contributed by atoms with Crippen LogP contribution in [0.5, 0.6) is 0 Å². The molecule has 0 aliphatic carbocycles. The molecule has 0 radical (unpaired) electrons. The zero-order valence-corrected chi connectivity index (χ0v) is 14.3. The molecule has 1 aromatic carbocycles. The number of hydrogen-bond acceptors (Lipinski definition) is 2. The number of amides is 2. The summed E-state index contributed by atoms with van der Waals surface area (Å²) < 4.78 is 0.992. The van der Waals surface area contributed by atoms with E-state index in [-0.39, 0.29) is 23.8 Å². The molecule has 1 saturated heterocycles. The molecule has 2 rings (SSSR count). The zero-order chi connectivity index (χ0) is 16.1. The van der Waals surface area contributed by atoms with Crippen LogP contribution in [0.2, 0.25) is 0 Å². The maximum Gasteiger partial charge on any atom is 0.245 e. The smallest absolute Gasteiger partial charge is 0.245 e. The number of likely N-dealkylation sites (tertiary alicyclic amines) is 1. The highest BCUT2D eigenvalue weighted by molar-refractivity contribution is 9.10. The maximum absolute atomic E-state index is 12.4. The molecule has 0 bridgehead atoms. The van der Waals surface area contributed by atoms with Crippen LogP contribution in [-0.4, -0.2) is 29.8 Å². The van der Waals surface area contributed by atoms with Gasteiger partial charge in [0.1, 0.15) is 0 Å². The third kappa shape index (κ3) is 4.19. The van der Waals surface area contributed by atoms with Gasteiger partial charge in [0.25, 0.3) is 0 Å². The third-order valence-corrected chi connectivity index (χ3v) is 4.48. The Bertz CT molecular complexity index is 574. The van der Waals surface area contributed by atoms with Gasteiger partial charge in [0, 0.05) is 17.6 Å². The molecule has 0 aromatic heterocycles. The molecule has 118 valence electrons. The molecule has 1 aromatic rings. The summed E-state index contributed by atoms with van der Waals surface area (Å²) in [5, 5.41) is 3.05. The van der Waals surface area contributed by atoms with E-state index in [1.165, 1.54) is 6.08 Å². The van der Waals surface area contributed by atoms with Crippen molar-refractivity contribution in [2.24, 2.45) is 5.92 Å². The number of carbonyl (C=O) groups is 2. The van der Waals surface area contributed by atoms with E-state index < -0.39 is 0 Å². The lowest BCUT2D eigenvalue weighted by Crippen LogP contribution is -2.45. The fourth-order valence-corrected chi connectivity index (χ4v) is 3.13. The van der Waals surface area contributed by atoms with Crippen LogP contribution in [0.4, 0.5) is 0 Å². The van der Waals surface area contributed by atoms with Crippen molar-refractivity contribution in [1.29, 1.82) is 0 Å². The lowest BCUT2D eigenvalue weighted by molar-refractivity contribution is -0.132. The first kappa shape index (κ1) is 16.7. The van der Waals surface area contributed by atoms with E-state index >= 15 is 0 Å². The Kier molecular flexibility index (Phi) is 5.77. The zero-order valence-electron chi connectivity index (χ0n) is 12.7. The van der Waals surface area contributed by atoms with E-state index in [0.717, 1.165) is 22.9 Å². The number of rotatable bonds is 4. The van der Waals surface area contributed by atoms with Crippen molar-refractivity contribution in [1.82, 2.24) is 10.2 Å². The van der Waals surface area contributed by atoms with Crippen molar-refractivity contribution < 1.29 is 9.59 Å². The molecule has 4 nitrogen and oxygen atoms in total. The summed E-state index contributed by atoms with van der Waals surface area (Å²) in [6.45, 7) is 6.65. The van der Waals surface area contributed by atoms with Crippen LogP contribution in [-0.2, 0) is 9.59 Å². The molecule has 1 heterocycles. The fraction of sp³-hybridized carbons (Fsp3) is 0.412. The number of hydrogen-bond donors (Lipinski definition) is 1. The fourth-order valence-electron chi connectivity index (χ4n) is 2.71. The van der Waals surface area contributed by atoms with Crippen molar-refractivity contribution >= 4 is 27.7 Å². The molecule has 5 heteroatoms. The van der Waals surface area contributed by atoms with E-state index in [1.807, 2.05) is 31.2 Å². The molecule has 2 amide bonds. The Balaban J connectivity index is 1.96. The Morgan fingerprint density at radius 2 is 2.27 bits per heavy atom. The van der Waals surface area contributed by atoms with Crippen molar-refractivity contribution in [2.45, 2.75) is 25.8 Å². The molecule has 22 heavy (non-hydrogen) atoms. The molecule has 0 spiro atoms. The Morgan fingerprint density at radius 1 is 1.50 bits per heavy atom. The van der Waals surface area contributed by atoms with E-state index in [2.05, 4.69) is 27.8 Å². The van der Waals surface area contributed by atoms with Gasteiger partial charge in [-0.05, 0) is 43.5 Å². The summed E-state index contributed by atoms with van der Waals surface area (Å²) in [4.78, 5) is 25.8. The largest absolute Gasteiger partial charge is 0.349 e. The van der Waals surface area contributed by atoms with Crippen LogP contribution in [0.25, 0.3) is 0 Å². The quantitative estimate of drug-likeness (QED) is 0.834. The topological polar surface area (TPSA) is 49.4 Å². The second-order valence-electron chi connectivity index (χ2n) is 5.61. The van der Waals surface area contributed by atoms with Gasteiger partial charge in [-0.3, -0.25) is 9.59 Å². The molecular weight excluding hydrogens is 344 g/mol. The van der Waals surface area contributed by atoms with Gasteiger partial charge < -0.3 is 10.2 Å². The van der Waals surface area contributed by atoms with Crippen LogP contribution in [0.15, 0.2) is 41.4 Å². The summed E-state index contributed by atoms with van der Waals surface area (Å²) in [6.07, 6.45) is 2.98. The summed E-state index contributed by atoms with van der Waals surface area (Å²) in [7, 11) is 0. The van der Waals surface area contributed by atoms with Crippen molar-refractivity contribution in [3.05, 3.63) is 47.0 Å². The van der Waals surface area contributed by atoms with Crippen molar-refractivity contribution in [3.63, 3.8) is 0 Å². The minimum absolute atomic E-state index is 0.00837. The van der Waals surface area contributed by atoms with Gasteiger partial charge in [0.2, 0.25) is 11.8 Å². The van der Waals surface area contributed by atoms with Gasteiger partial charge >= 0.3 is 0 Å². The number of benzene rings is 1. The van der Waals surface area contributed by atoms with Gasteiger partial charge in [0.15, 0.2) is 0 Å². The first-order valence-electron chi connectivity index (χ1n) is 7.48. The summed E-state index contributed by atoms with van der Waals surface area (Å²) in [5.74, 6) is -0.237. The number of nitrogens with zero attached hydrogens (tertiary/aromatic N) is 1. The van der Waals surface area contributed by atoms with Gasteiger partial charge in [-0.15, -0.1) is 0 Å². The lowest BCUT2D eigenvalue weighted by Gasteiger charge is -2.32. The Labute approximate surface area is 139 Å². The minimum atomic E-state index is -0.146. The van der Waals surface area contributed by atoms with Crippen LogP contribution in [0, 0.1) is 5.92 Å². The molecule has 0 saturated carbocycles. The highest BCUT2D eigenvalue weighted by Crippen LogP contribution is 2.21. The Morgan fingerprint density at radius 3 is 2.95 bits per heavy atom. The standard InChI is InChI=1S/C17H21BrN2O2/c1-3-16(21)20-9-5-7-14(11-20)17(22)19-12(2)13-6-4-8-15(18)10-13/h3-4,6,8,10,12,14H,1,5,7,9,11H2,2H3,(H,19,22). The monoisotopic (exact) mass is 364 g/mol. The average molecular weight is 365 g/mol. The van der Waals surface area contributed by atoms with Gasteiger partial charge in [0.05, 0.1) is 12.0 Å². The molecule has 1 fully saturated rings. The van der Waals surface area contributed by atoms with E-state index in [9.17, 15) is 9.59 Å². The molecule has 2 atom stereocenters. The van der Waals surface area contributed by atoms with Crippen LogP contribution < -0.4 is 5.32 Å². The molecular formula is C17H21BrN2O2. The summed E-state index contributed by atoms with van der Waals surface area (Å²) >= 11 is 3.44. The highest BCUT2D eigenvalue weighted by Gasteiger charge is 2.28. The SMILES string of the molecule is C=CC(=O)N1CCCC(C(=O)NC(C)c2cccc(Br)c2)C1.